The van der Waals surface area contributed by atoms with Crippen LogP contribution in [0.1, 0.15) is 22.8 Å². The lowest BCUT2D eigenvalue weighted by atomic mass is 10.1. The van der Waals surface area contributed by atoms with Gasteiger partial charge in [0.25, 0.3) is 0 Å². The molecule has 21 heavy (non-hydrogen) atoms. The topological polar surface area (TPSA) is 39.9 Å². The lowest BCUT2D eigenvalue weighted by Gasteiger charge is -2.08. The number of hydrogen-bond acceptors (Lipinski definition) is 4. The van der Waals surface area contributed by atoms with Crippen molar-refractivity contribution in [3.05, 3.63) is 47.0 Å². The molecule has 0 fully saturated rings. The fourth-order valence-corrected chi connectivity index (χ4v) is 2.57. The van der Waals surface area contributed by atoms with Crippen LogP contribution < -0.4 is 0 Å². The van der Waals surface area contributed by atoms with Gasteiger partial charge in [0.15, 0.2) is 5.82 Å². The normalized spacial score (nSPS) is 11.0. The predicted molar refractivity (Wildman–Crippen MR) is 88.0 cm³/mol. The van der Waals surface area contributed by atoms with E-state index in [2.05, 4.69) is 47.5 Å². The van der Waals surface area contributed by atoms with E-state index in [9.17, 15) is 0 Å². The number of methoxy groups -OCH3 is 1. The first-order valence-corrected chi connectivity index (χ1v) is 8.59. The molecule has 0 aliphatic rings. The SMILES string of the molecule is COCCc1nc(CCSC)n(Cc2ccccc2C)n1. The molecule has 5 heteroatoms. The molecule has 0 saturated carbocycles. The third-order valence-corrected chi connectivity index (χ3v) is 4.05. The van der Waals surface area contributed by atoms with E-state index in [1.165, 1.54) is 11.1 Å². The molecule has 4 nitrogen and oxygen atoms in total. The second-order valence-electron chi connectivity index (χ2n) is 5.01. The van der Waals surface area contributed by atoms with Gasteiger partial charge in [-0.25, -0.2) is 9.67 Å². The third-order valence-electron chi connectivity index (χ3n) is 3.43. The summed E-state index contributed by atoms with van der Waals surface area (Å²) in [6.45, 7) is 3.59. The van der Waals surface area contributed by atoms with Gasteiger partial charge >= 0.3 is 0 Å². The Hall–Kier alpha value is -1.33. The van der Waals surface area contributed by atoms with Gasteiger partial charge in [-0.2, -0.15) is 16.9 Å². The molecule has 0 amide bonds. The van der Waals surface area contributed by atoms with Crippen molar-refractivity contribution >= 4 is 11.8 Å². The summed E-state index contributed by atoms with van der Waals surface area (Å²) in [5.74, 6) is 3.01. The fourth-order valence-electron chi connectivity index (χ4n) is 2.18. The number of rotatable bonds is 8. The van der Waals surface area contributed by atoms with Crippen LogP contribution in [0.25, 0.3) is 0 Å². The first-order chi connectivity index (χ1) is 10.2. The second-order valence-corrected chi connectivity index (χ2v) is 6.00. The van der Waals surface area contributed by atoms with E-state index >= 15 is 0 Å². The average Bonchev–Trinajstić information content (AvgIpc) is 2.87. The molecular formula is C16H23N3OS. The summed E-state index contributed by atoms with van der Waals surface area (Å²) >= 11 is 1.84. The molecule has 0 saturated heterocycles. The standard InChI is InChI=1S/C16H23N3OS/c1-13-6-4-5-7-14(13)12-19-16(9-11-21-3)17-15(18-19)8-10-20-2/h4-7H,8-12H2,1-3H3. The summed E-state index contributed by atoms with van der Waals surface area (Å²) in [4.78, 5) is 4.67. The molecule has 2 aromatic rings. The quantitative estimate of drug-likeness (QED) is 0.752. The Labute approximate surface area is 130 Å². The van der Waals surface area contributed by atoms with Crippen LogP contribution >= 0.6 is 11.8 Å². The Morgan fingerprint density at radius 2 is 2.05 bits per heavy atom. The summed E-state index contributed by atoms with van der Waals surface area (Å²) in [5.41, 5.74) is 2.59. The highest BCUT2D eigenvalue weighted by Gasteiger charge is 2.11. The van der Waals surface area contributed by atoms with Gasteiger partial charge in [-0.3, -0.25) is 0 Å². The summed E-state index contributed by atoms with van der Waals surface area (Å²) in [5, 5.41) is 4.65. The van der Waals surface area contributed by atoms with Crippen LogP contribution in [0, 0.1) is 6.92 Å². The van der Waals surface area contributed by atoms with Gasteiger partial charge in [-0.1, -0.05) is 24.3 Å². The van der Waals surface area contributed by atoms with Gasteiger partial charge in [-0.15, -0.1) is 0 Å². The van der Waals surface area contributed by atoms with Crippen molar-refractivity contribution in [2.45, 2.75) is 26.3 Å². The summed E-state index contributed by atoms with van der Waals surface area (Å²) in [6, 6.07) is 8.44. The minimum absolute atomic E-state index is 0.663. The van der Waals surface area contributed by atoms with E-state index in [4.69, 9.17) is 4.74 Å². The fraction of sp³-hybridized carbons (Fsp3) is 0.500. The van der Waals surface area contributed by atoms with Crippen molar-refractivity contribution in [3.8, 4) is 0 Å². The average molecular weight is 305 g/mol. The zero-order valence-electron chi connectivity index (χ0n) is 13.0. The molecule has 0 bridgehead atoms. The monoisotopic (exact) mass is 305 g/mol. The van der Waals surface area contributed by atoms with Crippen molar-refractivity contribution in [2.75, 3.05) is 25.7 Å². The van der Waals surface area contributed by atoms with E-state index in [-0.39, 0.29) is 0 Å². The number of thioether (sulfide) groups is 1. The molecule has 1 aromatic carbocycles. The van der Waals surface area contributed by atoms with Gasteiger partial charge in [0.2, 0.25) is 0 Å². The van der Waals surface area contributed by atoms with Crippen LogP contribution in [-0.2, 0) is 24.1 Å². The van der Waals surface area contributed by atoms with E-state index < -0.39 is 0 Å². The van der Waals surface area contributed by atoms with Crippen molar-refractivity contribution in [2.24, 2.45) is 0 Å². The predicted octanol–water partition coefficient (Wildman–Crippen LogP) is 2.73. The largest absolute Gasteiger partial charge is 0.384 e. The van der Waals surface area contributed by atoms with Crippen LogP contribution in [0.3, 0.4) is 0 Å². The van der Waals surface area contributed by atoms with Crippen LogP contribution in [-0.4, -0.2) is 40.5 Å². The first kappa shape index (κ1) is 16.0. The second kappa shape index (κ2) is 8.20. The maximum Gasteiger partial charge on any atom is 0.153 e. The van der Waals surface area contributed by atoms with Crippen LogP contribution in [0.5, 0.6) is 0 Å². The zero-order valence-corrected chi connectivity index (χ0v) is 13.8. The molecule has 2 rings (SSSR count). The third kappa shape index (κ3) is 4.58. The highest BCUT2D eigenvalue weighted by molar-refractivity contribution is 7.98. The van der Waals surface area contributed by atoms with E-state index in [1.807, 2.05) is 16.4 Å². The Morgan fingerprint density at radius 1 is 1.24 bits per heavy atom. The Kier molecular flexibility index (Phi) is 6.26. The van der Waals surface area contributed by atoms with Gasteiger partial charge in [-0.05, 0) is 24.3 Å². The summed E-state index contributed by atoms with van der Waals surface area (Å²) < 4.78 is 7.17. The smallest absolute Gasteiger partial charge is 0.153 e. The highest BCUT2D eigenvalue weighted by Crippen LogP contribution is 2.12. The van der Waals surface area contributed by atoms with Gasteiger partial charge < -0.3 is 4.74 Å². The van der Waals surface area contributed by atoms with Crippen molar-refractivity contribution < 1.29 is 4.74 Å². The highest BCUT2D eigenvalue weighted by atomic mass is 32.2. The Balaban J connectivity index is 2.19. The molecule has 0 aliphatic heterocycles. The molecule has 0 aliphatic carbocycles. The van der Waals surface area contributed by atoms with E-state index in [0.717, 1.165) is 36.8 Å². The summed E-state index contributed by atoms with van der Waals surface area (Å²) in [7, 11) is 1.71. The number of nitrogens with zero attached hydrogens (tertiary/aromatic N) is 3. The van der Waals surface area contributed by atoms with Crippen LogP contribution in [0.2, 0.25) is 0 Å². The molecule has 0 radical (unpaired) electrons. The first-order valence-electron chi connectivity index (χ1n) is 7.19. The van der Waals surface area contributed by atoms with E-state index in [1.54, 1.807) is 7.11 Å². The number of benzene rings is 1. The molecule has 114 valence electrons. The molecule has 0 unspecified atom stereocenters. The molecule has 0 atom stereocenters. The molecule has 1 heterocycles. The van der Waals surface area contributed by atoms with Gasteiger partial charge in [0.05, 0.1) is 13.2 Å². The Bertz CT molecular complexity index is 568. The zero-order chi connectivity index (χ0) is 15.1. The van der Waals surface area contributed by atoms with Crippen molar-refractivity contribution in [1.29, 1.82) is 0 Å². The van der Waals surface area contributed by atoms with Crippen LogP contribution in [0.4, 0.5) is 0 Å². The number of aryl methyl sites for hydroxylation is 2. The Morgan fingerprint density at radius 3 is 2.76 bits per heavy atom. The molecule has 1 aromatic heterocycles. The number of ether oxygens (including phenoxy) is 1. The van der Waals surface area contributed by atoms with Crippen molar-refractivity contribution in [3.63, 3.8) is 0 Å². The summed E-state index contributed by atoms with van der Waals surface area (Å²) in [6.07, 6.45) is 3.84. The van der Waals surface area contributed by atoms with E-state index in [0.29, 0.717) is 6.61 Å². The molecule has 0 N–H and O–H groups in total. The van der Waals surface area contributed by atoms with Crippen molar-refractivity contribution in [1.82, 2.24) is 14.8 Å². The number of hydrogen-bond donors (Lipinski definition) is 0. The van der Waals surface area contributed by atoms with Gasteiger partial charge in [0.1, 0.15) is 5.82 Å². The van der Waals surface area contributed by atoms with Gasteiger partial charge in [0, 0.05) is 25.7 Å². The maximum atomic E-state index is 5.12. The minimum atomic E-state index is 0.663. The lowest BCUT2D eigenvalue weighted by molar-refractivity contribution is 0.200. The maximum absolute atomic E-state index is 5.12. The van der Waals surface area contributed by atoms with Crippen LogP contribution in [0.15, 0.2) is 24.3 Å². The minimum Gasteiger partial charge on any atom is -0.384 e. The lowest BCUT2D eigenvalue weighted by Crippen LogP contribution is -2.09. The molecular weight excluding hydrogens is 282 g/mol. The number of aromatic nitrogens is 3. The molecule has 0 spiro atoms.